The van der Waals surface area contributed by atoms with Crippen molar-refractivity contribution in [2.24, 2.45) is 0 Å². The summed E-state index contributed by atoms with van der Waals surface area (Å²) >= 11 is 0. The second-order valence-electron chi connectivity index (χ2n) is 4.61. The van der Waals surface area contributed by atoms with Crippen molar-refractivity contribution in [2.45, 2.75) is 25.3 Å². The van der Waals surface area contributed by atoms with Gasteiger partial charge in [0.2, 0.25) is 0 Å². The molecule has 2 aromatic rings. The minimum absolute atomic E-state index is 0.357. The van der Waals surface area contributed by atoms with E-state index in [1.807, 2.05) is 12.1 Å². The van der Waals surface area contributed by atoms with Gasteiger partial charge >= 0.3 is 0 Å². The summed E-state index contributed by atoms with van der Waals surface area (Å²) in [5.74, 6) is 1.27. The first-order valence-corrected chi connectivity index (χ1v) is 6.22. The molecule has 1 aliphatic carbocycles. The third-order valence-electron chi connectivity index (χ3n) is 3.42. The van der Waals surface area contributed by atoms with Crippen LogP contribution in [0.4, 0.5) is 0 Å². The smallest absolute Gasteiger partial charge is 0.137 e. The SMILES string of the molecule is Oc1ccc2c(c1)CCC2NCCc1ncn[nH]1. The number of nitrogens with zero attached hydrogens (tertiary/aromatic N) is 2. The van der Waals surface area contributed by atoms with Crippen molar-refractivity contribution in [3.05, 3.63) is 41.5 Å². The van der Waals surface area contributed by atoms with Gasteiger partial charge < -0.3 is 10.4 Å². The van der Waals surface area contributed by atoms with E-state index in [4.69, 9.17) is 0 Å². The van der Waals surface area contributed by atoms with Gasteiger partial charge in [-0.3, -0.25) is 5.10 Å². The maximum absolute atomic E-state index is 9.44. The maximum atomic E-state index is 9.44. The number of phenols is 1. The molecule has 1 unspecified atom stereocenters. The summed E-state index contributed by atoms with van der Waals surface area (Å²) in [5, 5.41) is 19.7. The van der Waals surface area contributed by atoms with Crippen LogP contribution in [0, 0.1) is 0 Å². The first-order chi connectivity index (χ1) is 8.83. The summed E-state index contributed by atoms with van der Waals surface area (Å²) in [6.45, 7) is 0.875. The van der Waals surface area contributed by atoms with Gasteiger partial charge in [0.15, 0.2) is 0 Å². The molecule has 5 nitrogen and oxygen atoms in total. The highest BCUT2D eigenvalue weighted by Crippen LogP contribution is 2.32. The normalized spacial score (nSPS) is 17.9. The lowest BCUT2D eigenvalue weighted by Gasteiger charge is -2.13. The van der Waals surface area contributed by atoms with Gasteiger partial charge in [0.05, 0.1) is 0 Å². The topological polar surface area (TPSA) is 73.8 Å². The first kappa shape index (κ1) is 11.2. The molecule has 18 heavy (non-hydrogen) atoms. The second kappa shape index (κ2) is 4.78. The lowest BCUT2D eigenvalue weighted by atomic mass is 10.1. The molecule has 94 valence electrons. The molecular weight excluding hydrogens is 228 g/mol. The largest absolute Gasteiger partial charge is 0.508 e. The average molecular weight is 244 g/mol. The average Bonchev–Trinajstić information content (AvgIpc) is 2.99. The Morgan fingerprint density at radius 1 is 1.44 bits per heavy atom. The monoisotopic (exact) mass is 244 g/mol. The standard InChI is InChI=1S/C13H16N4O/c18-10-2-3-11-9(7-10)1-4-12(11)14-6-5-13-15-8-16-17-13/h2-3,7-8,12,14,18H,1,4-6H2,(H,15,16,17). The van der Waals surface area contributed by atoms with Crippen LogP contribution in [0.2, 0.25) is 0 Å². The molecule has 1 heterocycles. The van der Waals surface area contributed by atoms with Crippen molar-refractivity contribution in [3.63, 3.8) is 0 Å². The molecule has 1 aliphatic rings. The van der Waals surface area contributed by atoms with Crippen molar-refractivity contribution in [2.75, 3.05) is 6.54 Å². The molecule has 1 atom stereocenters. The number of aromatic hydroxyl groups is 1. The van der Waals surface area contributed by atoms with E-state index >= 15 is 0 Å². The quantitative estimate of drug-likeness (QED) is 0.758. The van der Waals surface area contributed by atoms with Gasteiger partial charge in [0.25, 0.3) is 0 Å². The second-order valence-corrected chi connectivity index (χ2v) is 4.61. The molecule has 5 heteroatoms. The first-order valence-electron chi connectivity index (χ1n) is 6.22. The fourth-order valence-electron chi connectivity index (χ4n) is 2.53. The number of aryl methyl sites for hydroxylation is 1. The van der Waals surface area contributed by atoms with Crippen LogP contribution in [0.15, 0.2) is 24.5 Å². The Morgan fingerprint density at radius 2 is 2.39 bits per heavy atom. The number of rotatable bonds is 4. The van der Waals surface area contributed by atoms with Crippen molar-refractivity contribution in [3.8, 4) is 5.75 Å². The van der Waals surface area contributed by atoms with Crippen LogP contribution >= 0.6 is 0 Å². The fourth-order valence-corrected chi connectivity index (χ4v) is 2.53. The zero-order valence-electron chi connectivity index (χ0n) is 10.1. The molecule has 1 aromatic carbocycles. The van der Waals surface area contributed by atoms with Gasteiger partial charge in [-0.05, 0) is 36.1 Å². The molecule has 0 saturated carbocycles. The van der Waals surface area contributed by atoms with E-state index in [9.17, 15) is 5.11 Å². The van der Waals surface area contributed by atoms with Crippen LogP contribution in [0.1, 0.15) is 29.4 Å². The van der Waals surface area contributed by atoms with Crippen LogP contribution in [0.5, 0.6) is 5.75 Å². The van der Waals surface area contributed by atoms with E-state index in [-0.39, 0.29) is 0 Å². The Labute approximate surface area is 105 Å². The lowest BCUT2D eigenvalue weighted by molar-refractivity contribution is 0.474. The van der Waals surface area contributed by atoms with Crippen LogP contribution < -0.4 is 5.32 Å². The van der Waals surface area contributed by atoms with Crippen LogP contribution in [-0.2, 0) is 12.8 Å². The van der Waals surface area contributed by atoms with Crippen molar-refractivity contribution in [1.29, 1.82) is 0 Å². The van der Waals surface area contributed by atoms with Gasteiger partial charge in [-0.2, -0.15) is 5.10 Å². The highest BCUT2D eigenvalue weighted by Gasteiger charge is 2.21. The van der Waals surface area contributed by atoms with Crippen molar-refractivity contribution < 1.29 is 5.11 Å². The van der Waals surface area contributed by atoms with Crippen molar-refractivity contribution in [1.82, 2.24) is 20.5 Å². The molecule has 0 bridgehead atoms. The van der Waals surface area contributed by atoms with Gasteiger partial charge in [0, 0.05) is 19.0 Å². The Bertz CT molecular complexity index is 524. The number of nitrogens with one attached hydrogen (secondary N) is 2. The van der Waals surface area contributed by atoms with E-state index in [0.717, 1.165) is 31.6 Å². The third-order valence-corrected chi connectivity index (χ3v) is 3.42. The van der Waals surface area contributed by atoms with E-state index in [1.165, 1.54) is 17.5 Å². The summed E-state index contributed by atoms with van der Waals surface area (Å²) in [6, 6.07) is 6.04. The Balaban J connectivity index is 1.59. The Kier molecular flexibility index (Phi) is 2.98. The van der Waals surface area contributed by atoms with Gasteiger partial charge in [-0.1, -0.05) is 6.07 Å². The molecule has 0 spiro atoms. The van der Waals surface area contributed by atoms with Crippen LogP contribution in [-0.4, -0.2) is 26.8 Å². The fraction of sp³-hybridized carbons (Fsp3) is 0.385. The Morgan fingerprint density at radius 3 is 3.22 bits per heavy atom. The van der Waals surface area contributed by atoms with Gasteiger partial charge in [0.1, 0.15) is 17.9 Å². The molecule has 0 aliphatic heterocycles. The molecule has 0 radical (unpaired) electrons. The van der Waals surface area contributed by atoms with Gasteiger partial charge in [-0.25, -0.2) is 4.98 Å². The number of H-pyrrole nitrogens is 1. The van der Waals surface area contributed by atoms with Gasteiger partial charge in [-0.15, -0.1) is 0 Å². The van der Waals surface area contributed by atoms with Crippen LogP contribution in [0.3, 0.4) is 0 Å². The van der Waals surface area contributed by atoms with E-state index in [0.29, 0.717) is 11.8 Å². The number of benzene rings is 1. The number of phenolic OH excluding ortho intramolecular Hbond substituents is 1. The molecule has 3 N–H and O–H groups in total. The maximum Gasteiger partial charge on any atom is 0.137 e. The Hall–Kier alpha value is -1.88. The van der Waals surface area contributed by atoms with E-state index in [1.54, 1.807) is 6.07 Å². The number of hydrogen-bond donors (Lipinski definition) is 3. The molecule has 3 rings (SSSR count). The zero-order chi connectivity index (χ0) is 12.4. The van der Waals surface area contributed by atoms with Crippen molar-refractivity contribution >= 4 is 0 Å². The number of aromatic nitrogens is 3. The minimum atomic E-state index is 0.357. The summed E-state index contributed by atoms with van der Waals surface area (Å²) in [5.41, 5.74) is 2.57. The summed E-state index contributed by atoms with van der Waals surface area (Å²) in [4.78, 5) is 4.10. The predicted octanol–water partition coefficient (Wildman–Crippen LogP) is 1.33. The highest BCUT2D eigenvalue weighted by molar-refractivity contribution is 5.39. The van der Waals surface area contributed by atoms with E-state index < -0.39 is 0 Å². The summed E-state index contributed by atoms with van der Waals surface area (Å²) in [6.07, 6.45) is 4.51. The third kappa shape index (κ3) is 2.22. The number of hydrogen-bond acceptors (Lipinski definition) is 4. The molecule has 0 amide bonds. The lowest BCUT2D eigenvalue weighted by Crippen LogP contribution is -2.22. The number of aromatic amines is 1. The molecule has 0 fully saturated rings. The summed E-state index contributed by atoms with van der Waals surface area (Å²) in [7, 11) is 0. The molecule has 0 saturated heterocycles. The highest BCUT2D eigenvalue weighted by atomic mass is 16.3. The van der Waals surface area contributed by atoms with E-state index in [2.05, 4.69) is 20.5 Å². The minimum Gasteiger partial charge on any atom is -0.508 e. The zero-order valence-corrected chi connectivity index (χ0v) is 10.1. The number of fused-ring (bicyclic) bond motifs is 1. The molecule has 1 aromatic heterocycles. The predicted molar refractivity (Wildman–Crippen MR) is 67.3 cm³/mol. The molecular formula is C13H16N4O. The summed E-state index contributed by atoms with van der Waals surface area (Å²) < 4.78 is 0. The van der Waals surface area contributed by atoms with Crippen LogP contribution in [0.25, 0.3) is 0 Å².